The fourth-order valence-electron chi connectivity index (χ4n) is 8.22. The van der Waals surface area contributed by atoms with Crippen LogP contribution in [0, 0.1) is 10.1 Å². The number of nitro groups is 1. The lowest BCUT2D eigenvalue weighted by atomic mass is 9.80. The Morgan fingerprint density at radius 1 is 0.783 bits per heavy atom. The van der Waals surface area contributed by atoms with Gasteiger partial charge < -0.3 is 29.6 Å². The lowest BCUT2D eigenvalue weighted by Gasteiger charge is -2.30. The molecular formula is C46H50N4O10. The Balaban J connectivity index is 1.07. The number of hydrogen-bond donors (Lipinski definition) is 2. The number of nitro benzene ring substituents is 1. The van der Waals surface area contributed by atoms with E-state index in [1.165, 1.54) is 36.4 Å². The molecule has 3 aliphatic heterocycles. The Labute approximate surface area is 349 Å². The van der Waals surface area contributed by atoms with Gasteiger partial charge in [0.25, 0.3) is 5.69 Å². The van der Waals surface area contributed by atoms with E-state index in [4.69, 9.17) is 18.9 Å². The van der Waals surface area contributed by atoms with Gasteiger partial charge in [0.05, 0.1) is 40.2 Å². The van der Waals surface area contributed by atoms with Gasteiger partial charge in [0.2, 0.25) is 6.79 Å². The number of rotatable bonds is 14. The van der Waals surface area contributed by atoms with Crippen LogP contribution in [0.3, 0.4) is 0 Å². The largest absolute Gasteiger partial charge is 0.466 e. The Morgan fingerprint density at radius 2 is 1.35 bits per heavy atom. The SMILES string of the molecule is COC(=O)C1=C(C)NC(C)=C(C(=O)OCOC(=O)C2=C(C)NC(C)=C(C(=O)O[C@@]3(C)CCN(CCC(c4ccccc4)c4ccccc4)C3)C2)[C@H]1c1cccc([N+](=O)[O-])c1. The van der Waals surface area contributed by atoms with Gasteiger partial charge in [-0.3, -0.25) is 15.0 Å². The van der Waals surface area contributed by atoms with E-state index >= 15 is 0 Å². The van der Waals surface area contributed by atoms with E-state index in [-0.39, 0.29) is 45.9 Å². The van der Waals surface area contributed by atoms with E-state index < -0.39 is 47.1 Å². The van der Waals surface area contributed by atoms with Crippen LogP contribution in [0.5, 0.6) is 0 Å². The maximum absolute atomic E-state index is 13.8. The highest BCUT2D eigenvalue weighted by atomic mass is 16.7. The van der Waals surface area contributed by atoms with Crippen molar-refractivity contribution in [3.8, 4) is 0 Å². The van der Waals surface area contributed by atoms with Crippen molar-refractivity contribution in [1.29, 1.82) is 0 Å². The minimum atomic E-state index is -1.09. The van der Waals surface area contributed by atoms with E-state index in [2.05, 4.69) is 64.1 Å². The molecule has 3 heterocycles. The Morgan fingerprint density at radius 3 is 1.95 bits per heavy atom. The van der Waals surface area contributed by atoms with Crippen LogP contribution in [-0.2, 0) is 38.1 Å². The number of ether oxygens (including phenoxy) is 4. The predicted octanol–water partition coefficient (Wildman–Crippen LogP) is 6.82. The summed E-state index contributed by atoms with van der Waals surface area (Å²) in [4.78, 5) is 67.2. The van der Waals surface area contributed by atoms with E-state index in [9.17, 15) is 29.3 Å². The maximum Gasteiger partial charge on any atom is 0.339 e. The summed E-state index contributed by atoms with van der Waals surface area (Å²) >= 11 is 0. The van der Waals surface area contributed by atoms with Gasteiger partial charge in [-0.2, -0.15) is 0 Å². The molecule has 0 spiro atoms. The first-order valence-corrected chi connectivity index (χ1v) is 19.8. The quantitative estimate of drug-likeness (QED) is 0.0571. The van der Waals surface area contributed by atoms with Crippen molar-refractivity contribution >= 4 is 29.6 Å². The van der Waals surface area contributed by atoms with Crippen molar-refractivity contribution in [2.24, 2.45) is 0 Å². The molecule has 3 aromatic rings. The fourth-order valence-corrected chi connectivity index (χ4v) is 8.22. The summed E-state index contributed by atoms with van der Waals surface area (Å²) < 4.78 is 22.0. The monoisotopic (exact) mass is 818 g/mol. The number of likely N-dealkylation sites (tertiary alicyclic amines) is 1. The smallest absolute Gasteiger partial charge is 0.339 e. The number of non-ortho nitro benzene ring substituents is 1. The topological polar surface area (TPSA) is 176 Å². The number of nitrogens with zero attached hydrogens (tertiary/aromatic N) is 2. The highest BCUT2D eigenvalue weighted by Crippen LogP contribution is 2.40. The van der Waals surface area contributed by atoms with Gasteiger partial charge in [-0.25, -0.2) is 19.2 Å². The second-order valence-electron chi connectivity index (χ2n) is 15.5. The zero-order chi connectivity index (χ0) is 43.1. The van der Waals surface area contributed by atoms with Crippen LogP contribution in [0.25, 0.3) is 0 Å². The molecule has 0 bridgehead atoms. The third kappa shape index (κ3) is 9.66. The first kappa shape index (κ1) is 43.0. The Bertz CT molecular complexity index is 2260. The molecule has 60 heavy (non-hydrogen) atoms. The first-order chi connectivity index (χ1) is 28.7. The molecule has 0 aromatic heterocycles. The second kappa shape index (κ2) is 18.6. The van der Waals surface area contributed by atoms with E-state index in [0.29, 0.717) is 35.8 Å². The number of methoxy groups -OCH3 is 1. The number of esters is 4. The summed E-state index contributed by atoms with van der Waals surface area (Å²) in [6, 6.07) is 26.5. The molecule has 0 aliphatic carbocycles. The first-order valence-electron chi connectivity index (χ1n) is 19.8. The van der Waals surface area contributed by atoms with Gasteiger partial charge in [-0.05, 0) is 64.3 Å². The van der Waals surface area contributed by atoms with Crippen LogP contribution in [0.1, 0.15) is 82.4 Å². The van der Waals surface area contributed by atoms with Crippen molar-refractivity contribution in [1.82, 2.24) is 15.5 Å². The van der Waals surface area contributed by atoms with Crippen LogP contribution < -0.4 is 10.6 Å². The number of carbonyl (C=O) groups is 4. The van der Waals surface area contributed by atoms with Crippen LogP contribution in [0.4, 0.5) is 5.69 Å². The molecule has 2 atom stereocenters. The molecule has 14 nitrogen and oxygen atoms in total. The van der Waals surface area contributed by atoms with Crippen LogP contribution in [-0.4, -0.2) is 72.8 Å². The minimum Gasteiger partial charge on any atom is -0.466 e. The van der Waals surface area contributed by atoms with Crippen molar-refractivity contribution in [2.45, 2.75) is 71.3 Å². The molecule has 314 valence electrons. The zero-order valence-corrected chi connectivity index (χ0v) is 34.7. The van der Waals surface area contributed by atoms with E-state index in [0.717, 1.165) is 19.5 Å². The van der Waals surface area contributed by atoms with Gasteiger partial charge in [0.1, 0.15) is 5.60 Å². The number of dihydropyridines is 2. The third-order valence-corrected chi connectivity index (χ3v) is 11.3. The zero-order valence-electron chi connectivity index (χ0n) is 34.7. The maximum atomic E-state index is 13.8. The van der Waals surface area contributed by atoms with Crippen molar-refractivity contribution < 1.29 is 43.0 Å². The van der Waals surface area contributed by atoms with E-state index in [1.807, 2.05) is 19.1 Å². The lowest BCUT2D eigenvalue weighted by Crippen LogP contribution is -2.37. The molecule has 0 unspecified atom stereocenters. The highest BCUT2D eigenvalue weighted by molar-refractivity contribution is 6.00. The summed E-state index contributed by atoms with van der Waals surface area (Å²) in [5.74, 6) is -3.90. The molecule has 0 saturated carbocycles. The molecule has 1 saturated heterocycles. The predicted molar refractivity (Wildman–Crippen MR) is 221 cm³/mol. The number of nitrogens with one attached hydrogen (secondary N) is 2. The number of hydrogen-bond acceptors (Lipinski definition) is 13. The van der Waals surface area contributed by atoms with Crippen molar-refractivity contribution in [3.63, 3.8) is 0 Å². The molecule has 2 N–H and O–H groups in total. The number of carbonyl (C=O) groups excluding carboxylic acids is 4. The number of allylic oxidation sites excluding steroid dienone is 4. The fraction of sp³-hybridized carbons (Fsp3) is 0.348. The summed E-state index contributed by atoms with van der Waals surface area (Å²) in [5.41, 5.74) is 4.01. The third-order valence-electron chi connectivity index (χ3n) is 11.3. The van der Waals surface area contributed by atoms with Gasteiger partial charge in [0, 0.05) is 66.8 Å². The van der Waals surface area contributed by atoms with Crippen LogP contribution in [0.2, 0.25) is 0 Å². The summed E-state index contributed by atoms with van der Waals surface area (Å²) in [5, 5.41) is 17.7. The van der Waals surface area contributed by atoms with Crippen LogP contribution >= 0.6 is 0 Å². The van der Waals surface area contributed by atoms with Gasteiger partial charge >= 0.3 is 23.9 Å². The molecule has 0 amide bonds. The average molecular weight is 819 g/mol. The Hall–Kier alpha value is -6.54. The molecule has 14 heteroatoms. The summed E-state index contributed by atoms with van der Waals surface area (Å²) in [6.07, 6.45) is 1.48. The average Bonchev–Trinajstić information content (AvgIpc) is 3.60. The molecule has 3 aromatic carbocycles. The van der Waals surface area contributed by atoms with Gasteiger partial charge in [0.15, 0.2) is 0 Å². The van der Waals surface area contributed by atoms with Crippen LogP contribution in [0.15, 0.2) is 130 Å². The summed E-state index contributed by atoms with van der Waals surface area (Å²) in [6.45, 7) is 9.92. The van der Waals surface area contributed by atoms with E-state index in [1.54, 1.807) is 33.8 Å². The standard InChI is InChI=1S/C46H50N4O10/c1-28-37(42(51)58-27-59-45(54)40-31(4)48-30(3)39(44(53)57-6)41(40)34-18-13-19-35(24-34)50(55)56)25-38(29(2)47-28)43(52)60-46(5)21-23-49(26-46)22-20-36(32-14-9-7-10-15-32)33-16-11-8-12-17-33/h7-19,24,36,41,47-48H,20-23,25-27H2,1-6H3/t41-,46-/m0/s1. The molecular weight excluding hydrogens is 769 g/mol. The second-order valence-corrected chi connectivity index (χ2v) is 15.5. The van der Waals surface area contributed by atoms with Gasteiger partial charge in [-0.1, -0.05) is 72.8 Å². The number of benzene rings is 3. The molecule has 3 aliphatic rings. The normalized spacial score (nSPS) is 19.5. The van der Waals surface area contributed by atoms with Crippen molar-refractivity contribution in [3.05, 3.63) is 157 Å². The van der Waals surface area contributed by atoms with Crippen molar-refractivity contribution in [2.75, 3.05) is 33.5 Å². The Kier molecular flexibility index (Phi) is 13.3. The molecule has 6 rings (SSSR count). The summed E-state index contributed by atoms with van der Waals surface area (Å²) in [7, 11) is 1.19. The minimum absolute atomic E-state index is 0.0259. The van der Waals surface area contributed by atoms with Gasteiger partial charge in [-0.15, -0.1) is 0 Å². The lowest BCUT2D eigenvalue weighted by molar-refractivity contribution is -0.384. The highest BCUT2D eigenvalue weighted by Gasteiger charge is 2.40. The molecule has 0 radical (unpaired) electrons. The molecule has 1 fully saturated rings.